The molecule has 2 aromatic carbocycles. The molecule has 0 aliphatic carbocycles. The van der Waals surface area contributed by atoms with Crippen LogP contribution in [0.2, 0.25) is 0 Å². The minimum absolute atomic E-state index is 0.267. The molecule has 92 valence electrons. The number of benzene rings is 2. The van der Waals surface area contributed by atoms with Gasteiger partial charge in [0.15, 0.2) is 0 Å². The number of hydrogen-bond donors (Lipinski definition) is 1. The van der Waals surface area contributed by atoms with E-state index in [1.807, 2.05) is 38.1 Å². The summed E-state index contributed by atoms with van der Waals surface area (Å²) in [5, 5.41) is 8.88. The molecule has 0 fully saturated rings. The zero-order valence-electron chi connectivity index (χ0n) is 10.3. The quantitative estimate of drug-likeness (QED) is 0.890. The third kappa shape index (κ3) is 2.69. The summed E-state index contributed by atoms with van der Waals surface area (Å²) in [6.45, 7) is 3.84. The van der Waals surface area contributed by atoms with Gasteiger partial charge in [0.2, 0.25) is 0 Å². The van der Waals surface area contributed by atoms with E-state index in [1.54, 1.807) is 18.2 Å². The summed E-state index contributed by atoms with van der Waals surface area (Å²) in [5.41, 5.74) is 2.24. The molecule has 18 heavy (non-hydrogen) atoms. The molecule has 0 aliphatic heterocycles. The molecule has 0 heterocycles. The second-order valence-corrected chi connectivity index (χ2v) is 4.20. The monoisotopic (exact) mass is 242 g/mol. The highest BCUT2D eigenvalue weighted by Gasteiger charge is 2.07. The topological polar surface area (TPSA) is 46.5 Å². The van der Waals surface area contributed by atoms with Gasteiger partial charge in [-0.05, 0) is 49.7 Å². The van der Waals surface area contributed by atoms with Gasteiger partial charge in [-0.3, -0.25) is 0 Å². The molecule has 2 aromatic rings. The second-order valence-electron chi connectivity index (χ2n) is 4.20. The molecule has 0 bridgehead atoms. The number of carboxylic acid groups (broad SMARTS) is 1. The van der Waals surface area contributed by atoms with Crippen molar-refractivity contribution in [2.45, 2.75) is 13.8 Å². The lowest BCUT2D eigenvalue weighted by atomic mass is 10.1. The van der Waals surface area contributed by atoms with E-state index in [0.717, 1.165) is 11.3 Å². The van der Waals surface area contributed by atoms with Crippen LogP contribution in [0.15, 0.2) is 42.5 Å². The summed E-state index contributed by atoms with van der Waals surface area (Å²) in [6.07, 6.45) is 0. The smallest absolute Gasteiger partial charge is 0.335 e. The van der Waals surface area contributed by atoms with Crippen LogP contribution in [0.5, 0.6) is 11.5 Å². The highest BCUT2D eigenvalue weighted by Crippen LogP contribution is 2.25. The van der Waals surface area contributed by atoms with Crippen molar-refractivity contribution in [2.75, 3.05) is 0 Å². The number of aryl methyl sites for hydroxylation is 2. The number of carbonyl (C=O) groups is 1. The third-order valence-corrected chi connectivity index (χ3v) is 2.67. The van der Waals surface area contributed by atoms with E-state index in [4.69, 9.17) is 9.84 Å². The Morgan fingerprint density at radius 2 is 1.72 bits per heavy atom. The van der Waals surface area contributed by atoms with E-state index in [1.165, 1.54) is 5.56 Å². The third-order valence-electron chi connectivity index (χ3n) is 2.67. The number of aromatic carboxylic acids is 1. The van der Waals surface area contributed by atoms with E-state index >= 15 is 0 Å². The fraction of sp³-hybridized carbons (Fsp3) is 0.133. The number of rotatable bonds is 3. The van der Waals surface area contributed by atoms with E-state index in [2.05, 4.69) is 0 Å². The first kappa shape index (κ1) is 12.2. The molecular weight excluding hydrogens is 228 g/mol. The van der Waals surface area contributed by atoms with Crippen LogP contribution in [0.25, 0.3) is 0 Å². The molecular formula is C15H14O3. The maximum Gasteiger partial charge on any atom is 0.335 e. The predicted octanol–water partition coefficient (Wildman–Crippen LogP) is 3.79. The Balaban J connectivity index is 2.24. The molecule has 0 aliphatic rings. The Labute approximate surface area is 106 Å². The fourth-order valence-corrected chi connectivity index (χ4v) is 1.63. The van der Waals surface area contributed by atoms with Gasteiger partial charge in [-0.15, -0.1) is 0 Å². The molecule has 1 N–H and O–H groups in total. The summed E-state index contributed by atoms with van der Waals surface area (Å²) in [6, 6.07) is 12.5. The normalized spacial score (nSPS) is 10.1. The molecule has 0 saturated carbocycles. The zero-order chi connectivity index (χ0) is 13.1. The van der Waals surface area contributed by atoms with E-state index in [-0.39, 0.29) is 5.56 Å². The molecule has 3 heteroatoms. The average molecular weight is 242 g/mol. The van der Waals surface area contributed by atoms with Crippen molar-refractivity contribution in [1.29, 1.82) is 0 Å². The second kappa shape index (κ2) is 4.92. The minimum Gasteiger partial charge on any atom is -0.478 e. The summed E-state index contributed by atoms with van der Waals surface area (Å²) < 4.78 is 5.71. The van der Waals surface area contributed by atoms with E-state index in [9.17, 15) is 4.79 Å². The van der Waals surface area contributed by atoms with Crippen LogP contribution in [0.1, 0.15) is 21.5 Å². The molecule has 2 rings (SSSR count). The Morgan fingerprint density at radius 1 is 1.06 bits per heavy atom. The zero-order valence-corrected chi connectivity index (χ0v) is 10.3. The highest BCUT2D eigenvalue weighted by atomic mass is 16.5. The van der Waals surface area contributed by atoms with Crippen molar-refractivity contribution >= 4 is 5.97 Å². The largest absolute Gasteiger partial charge is 0.478 e. The molecule has 0 amide bonds. The van der Waals surface area contributed by atoms with Crippen LogP contribution in [-0.2, 0) is 0 Å². The molecule has 0 atom stereocenters. The first-order chi connectivity index (χ1) is 8.56. The average Bonchev–Trinajstić information content (AvgIpc) is 2.34. The van der Waals surface area contributed by atoms with Crippen molar-refractivity contribution in [3.63, 3.8) is 0 Å². The van der Waals surface area contributed by atoms with Crippen LogP contribution in [0, 0.1) is 13.8 Å². The predicted molar refractivity (Wildman–Crippen MR) is 69.4 cm³/mol. The SMILES string of the molecule is Cc1ccc(Oc2ccc(C(=O)O)cc2C)cc1. The molecule has 3 nitrogen and oxygen atoms in total. The molecule has 0 aromatic heterocycles. The van der Waals surface area contributed by atoms with Crippen LogP contribution < -0.4 is 4.74 Å². The summed E-state index contributed by atoms with van der Waals surface area (Å²) in [7, 11) is 0. The number of carboxylic acids is 1. The summed E-state index contributed by atoms with van der Waals surface area (Å²) >= 11 is 0. The first-order valence-corrected chi connectivity index (χ1v) is 5.65. The van der Waals surface area contributed by atoms with Gasteiger partial charge in [0.1, 0.15) is 11.5 Å². The lowest BCUT2D eigenvalue weighted by Gasteiger charge is -2.09. The van der Waals surface area contributed by atoms with Crippen molar-refractivity contribution in [3.8, 4) is 11.5 Å². The van der Waals surface area contributed by atoms with Crippen molar-refractivity contribution in [2.24, 2.45) is 0 Å². The van der Waals surface area contributed by atoms with Gasteiger partial charge < -0.3 is 9.84 Å². The minimum atomic E-state index is -0.931. The van der Waals surface area contributed by atoms with Gasteiger partial charge in [-0.1, -0.05) is 17.7 Å². The lowest BCUT2D eigenvalue weighted by Crippen LogP contribution is -1.97. The fourth-order valence-electron chi connectivity index (χ4n) is 1.63. The van der Waals surface area contributed by atoms with E-state index < -0.39 is 5.97 Å². The maximum atomic E-state index is 10.8. The summed E-state index contributed by atoms with van der Waals surface area (Å²) in [4.78, 5) is 10.8. The molecule has 0 unspecified atom stereocenters. The van der Waals surface area contributed by atoms with Crippen molar-refractivity contribution in [3.05, 3.63) is 59.2 Å². The number of hydrogen-bond acceptors (Lipinski definition) is 2. The van der Waals surface area contributed by atoms with Crippen LogP contribution in [-0.4, -0.2) is 11.1 Å². The Morgan fingerprint density at radius 3 is 2.28 bits per heavy atom. The summed E-state index contributed by atoms with van der Waals surface area (Å²) in [5.74, 6) is 0.482. The standard InChI is InChI=1S/C15H14O3/c1-10-3-6-13(7-4-10)18-14-8-5-12(15(16)17)9-11(14)2/h3-9H,1-2H3,(H,16,17). The van der Waals surface area contributed by atoms with Gasteiger partial charge in [-0.2, -0.15) is 0 Å². The maximum absolute atomic E-state index is 10.8. The highest BCUT2D eigenvalue weighted by molar-refractivity contribution is 5.88. The number of ether oxygens (including phenoxy) is 1. The van der Waals surface area contributed by atoms with Crippen molar-refractivity contribution in [1.82, 2.24) is 0 Å². The Hall–Kier alpha value is -2.29. The van der Waals surface area contributed by atoms with Crippen LogP contribution >= 0.6 is 0 Å². The Bertz CT molecular complexity index is 571. The van der Waals surface area contributed by atoms with Gasteiger partial charge >= 0.3 is 5.97 Å². The van der Waals surface area contributed by atoms with Gasteiger partial charge in [0.05, 0.1) is 5.56 Å². The molecule has 0 saturated heterocycles. The van der Waals surface area contributed by atoms with Crippen molar-refractivity contribution < 1.29 is 14.6 Å². The van der Waals surface area contributed by atoms with E-state index in [0.29, 0.717) is 5.75 Å². The first-order valence-electron chi connectivity index (χ1n) is 5.65. The van der Waals surface area contributed by atoms with Gasteiger partial charge in [0.25, 0.3) is 0 Å². The Kier molecular flexibility index (Phi) is 3.33. The van der Waals surface area contributed by atoms with Gasteiger partial charge in [0, 0.05) is 0 Å². The molecule has 0 radical (unpaired) electrons. The van der Waals surface area contributed by atoms with Crippen LogP contribution in [0.3, 0.4) is 0 Å². The van der Waals surface area contributed by atoms with Gasteiger partial charge in [-0.25, -0.2) is 4.79 Å². The lowest BCUT2D eigenvalue weighted by molar-refractivity contribution is 0.0697. The molecule has 0 spiro atoms. The van der Waals surface area contributed by atoms with Crippen LogP contribution in [0.4, 0.5) is 0 Å².